The first-order valence-corrected chi connectivity index (χ1v) is 5.79. The number of amides is 1. The maximum atomic E-state index is 10.8. The fourth-order valence-corrected chi connectivity index (χ4v) is 1.44. The Balaban J connectivity index is 3.61. The van der Waals surface area contributed by atoms with Gasteiger partial charge in [-0.15, -0.1) is 0 Å². The van der Waals surface area contributed by atoms with Gasteiger partial charge in [-0.3, -0.25) is 4.18 Å². The van der Waals surface area contributed by atoms with E-state index < -0.39 is 16.4 Å². The molecule has 0 aromatic carbocycles. The average molecular weight is 225 g/mol. The molecule has 0 atom stereocenters. The van der Waals surface area contributed by atoms with Crippen LogP contribution in [0.5, 0.6) is 0 Å². The number of rotatable bonds is 7. The van der Waals surface area contributed by atoms with Crippen LogP contribution in [-0.2, 0) is 14.5 Å². The Morgan fingerprint density at radius 2 is 2.00 bits per heavy atom. The van der Waals surface area contributed by atoms with E-state index in [4.69, 9.17) is 5.11 Å². The molecule has 0 saturated heterocycles. The minimum Gasteiger partial charge on any atom is -0.464 e. The van der Waals surface area contributed by atoms with E-state index in [0.717, 1.165) is 19.3 Å². The molecule has 7 heteroatoms. The smallest absolute Gasteiger partial charge is 0.420 e. The van der Waals surface area contributed by atoms with E-state index in [1.54, 1.807) is 0 Å². The van der Waals surface area contributed by atoms with E-state index in [0.29, 0.717) is 6.42 Å². The van der Waals surface area contributed by atoms with Crippen LogP contribution in [0.3, 0.4) is 0 Å². The number of hydrogen-bond donors (Lipinski definition) is 2. The van der Waals surface area contributed by atoms with Crippen LogP contribution in [0.4, 0.5) is 4.79 Å². The van der Waals surface area contributed by atoms with Crippen molar-refractivity contribution in [3.05, 3.63) is 0 Å². The van der Waals surface area contributed by atoms with Crippen LogP contribution in [-0.4, -0.2) is 26.2 Å². The maximum absolute atomic E-state index is 10.8. The third-order valence-corrected chi connectivity index (χ3v) is 2.35. The molecule has 0 heterocycles. The van der Waals surface area contributed by atoms with Gasteiger partial charge in [0.1, 0.15) is 0 Å². The van der Waals surface area contributed by atoms with Gasteiger partial charge in [0, 0.05) is 0 Å². The van der Waals surface area contributed by atoms with Gasteiger partial charge in [0.2, 0.25) is 0 Å². The molecular weight excluding hydrogens is 210 g/mol. The Bertz CT molecular complexity index is 261. The summed E-state index contributed by atoms with van der Waals surface area (Å²) in [7, 11) is -4.12. The zero-order valence-electron chi connectivity index (χ0n) is 8.02. The molecule has 0 saturated carbocycles. The lowest BCUT2D eigenvalue weighted by Crippen LogP contribution is -2.30. The molecule has 0 fully saturated rings. The molecule has 0 aromatic rings. The van der Waals surface area contributed by atoms with Gasteiger partial charge in [0.15, 0.2) is 0 Å². The molecule has 0 aromatic heterocycles. The van der Waals surface area contributed by atoms with Gasteiger partial charge < -0.3 is 5.11 Å². The highest BCUT2D eigenvalue weighted by Crippen LogP contribution is 2.00. The van der Waals surface area contributed by atoms with E-state index in [1.807, 2.05) is 6.92 Å². The molecule has 0 aliphatic rings. The first kappa shape index (κ1) is 13.2. The van der Waals surface area contributed by atoms with Crippen molar-refractivity contribution in [1.29, 1.82) is 0 Å². The summed E-state index contributed by atoms with van der Waals surface area (Å²) in [4.78, 5) is 9.98. The molecule has 14 heavy (non-hydrogen) atoms. The van der Waals surface area contributed by atoms with Crippen LogP contribution in [0.25, 0.3) is 0 Å². The fourth-order valence-electron chi connectivity index (χ4n) is 0.834. The van der Waals surface area contributed by atoms with Crippen molar-refractivity contribution in [2.45, 2.75) is 32.6 Å². The van der Waals surface area contributed by atoms with Crippen molar-refractivity contribution in [2.75, 3.05) is 6.61 Å². The lowest BCUT2D eigenvalue weighted by molar-refractivity contribution is 0.198. The first-order valence-electron chi connectivity index (χ1n) is 4.38. The highest BCUT2D eigenvalue weighted by Gasteiger charge is 2.12. The topological polar surface area (TPSA) is 92.7 Å². The molecule has 84 valence electrons. The van der Waals surface area contributed by atoms with Crippen LogP contribution in [0, 0.1) is 0 Å². The van der Waals surface area contributed by atoms with Crippen molar-refractivity contribution in [3.63, 3.8) is 0 Å². The van der Waals surface area contributed by atoms with E-state index in [9.17, 15) is 13.2 Å². The summed E-state index contributed by atoms with van der Waals surface area (Å²) < 4.78 is 27.2. The lowest BCUT2D eigenvalue weighted by atomic mass is 10.2. The zero-order chi connectivity index (χ0) is 11.0. The summed E-state index contributed by atoms with van der Waals surface area (Å²) in [5, 5.41) is 8.12. The Morgan fingerprint density at radius 1 is 1.36 bits per heavy atom. The second kappa shape index (κ2) is 6.61. The van der Waals surface area contributed by atoms with Crippen LogP contribution in [0.15, 0.2) is 0 Å². The summed E-state index contributed by atoms with van der Waals surface area (Å²) >= 11 is 0. The molecule has 0 spiro atoms. The van der Waals surface area contributed by atoms with Gasteiger partial charge in [-0.05, 0) is 6.42 Å². The second-order valence-corrected chi connectivity index (χ2v) is 4.09. The van der Waals surface area contributed by atoms with Gasteiger partial charge in [-0.2, -0.15) is 13.1 Å². The molecular formula is C7H15NO5S. The fraction of sp³-hybridized carbons (Fsp3) is 0.857. The highest BCUT2D eigenvalue weighted by atomic mass is 32.2. The molecule has 0 rings (SSSR count). The zero-order valence-corrected chi connectivity index (χ0v) is 8.84. The number of hydrogen-bond acceptors (Lipinski definition) is 4. The molecule has 0 bridgehead atoms. The first-order chi connectivity index (χ1) is 6.48. The third kappa shape index (κ3) is 7.81. The Morgan fingerprint density at radius 3 is 2.50 bits per heavy atom. The van der Waals surface area contributed by atoms with E-state index >= 15 is 0 Å². The Hall–Kier alpha value is -0.820. The molecule has 0 unspecified atom stereocenters. The van der Waals surface area contributed by atoms with E-state index in [1.165, 1.54) is 4.72 Å². The maximum Gasteiger partial charge on any atom is 0.420 e. The van der Waals surface area contributed by atoms with Crippen molar-refractivity contribution in [3.8, 4) is 0 Å². The SMILES string of the molecule is CCCCCCOS(=O)(=O)NC(=O)O. The second-order valence-electron chi connectivity index (χ2n) is 2.74. The third-order valence-electron chi connectivity index (χ3n) is 1.45. The van der Waals surface area contributed by atoms with Crippen molar-refractivity contribution in [1.82, 2.24) is 4.72 Å². The lowest BCUT2D eigenvalue weighted by Gasteiger charge is -2.03. The molecule has 2 N–H and O–H groups in total. The van der Waals surface area contributed by atoms with E-state index in [2.05, 4.69) is 4.18 Å². The number of nitrogens with one attached hydrogen (secondary N) is 1. The van der Waals surface area contributed by atoms with Gasteiger partial charge >= 0.3 is 16.4 Å². The molecule has 0 aliphatic heterocycles. The minimum atomic E-state index is -4.12. The molecule has 0 aliphatic carbocycles. The molecule has 0 radical (unpaired) electrons. The number of carbonyl (C=O) groups is 1. The monoisotopic (exact) mass is 225 g/mol. The normalized spacial score (nSPS) is 11.2. The van der Waals surface area contributed by atoms with Crippen molar-refractivity contribution < 1.29 is 22.5 Å². The number of unbranched alkanes of at least 4 members (excludes halogenated alkanes) is 3. The summed E-state index contributed by atoms with van der Waals surface area (Å²) in [5.41, 5.74) is 0. The van der Waals surface area contributed by atoms with Gasteiger partial charge in [-0.1, -0.05) is 26.2 Å². The molecule has 6 nitrogen and oxygen atoms in total. The Labute approximate surface area is 83.5 Å². The van der Waals surface area contributed by atoms with Gasteiger partial charge in [0.25, 0.3) is 0 Å². The molecule has 1 amide bonds. The van der Waals surface area contributed by atoms with Gasteiger partial charge in [-0.25, -0.2) is 4.79 Å². The van der Waals surface area contributed by atoms with Crippen LogP contribution >= 0.6 is 0 Å². The highest BCUT2D eigenvalue weighted by molar-refractivity contribution is 7.85. The van der Waals surface area contributed by atoms with Crippen molar-refractivity contribution in [2.24, 2.45) is 0 Å². The predicted octanol–water partition coefficient (Wildman–Crippen LogP) is 1.10. The quantitative estimate of drug-likeness (QED) is 0.633. The standard InChI is InChI=1S/C7H15NO5S/c1-2-3-4-5-6-13-14(11,12)8-7(9)10/h8H,2-6H2,1H3,(H,9,10). The number of carboxylic acid groups (broad SMARTS) is 1. The Kier molecular flexibility index (Phi) is 6.22. The summed E-state index contributed by atoms with van der Waals surface area (Å²) in [5.74, 6) is 0. The van der Waals surface area contributed by atoms with Crippen molar-refractivity contribution >= 4 is 16.4 Å². The van der Waals surface area contributed by atoms with Crippen LogP contribution in [0.2, 0.25) is 0 Å². The summed E-state index contributed by atoms with van der Waals surface area (Å²) in [6.45, 7) is 2.05. The van der Waals surface area contributed by atoms with Crippen LogP contribution < -0.4 is 4.72 Å². The van der Waals surface area contributed by atoms with E-state index in [-0.39, 0.29) is 6.61 Å². The average Bonchev–Trinajstić information content (AvgIpc) is 2.01. The largest absolute Gasteiger partial charge is 0.464 e. The summed E-state index contributed by atoms with van der Waals surface area (Å²) in [6, 6.07) is 0. The van der Waals surface area contributed by atoms with Crippen LogP contribution in [0.1, 0.15) is 32.6 Å². The summed E-state index contributed by atoms with van der Waals surface area (Å²) in [6.07, 6.45) is 1.89. The predicted molar refractivity (Wildman–Crippen MR) is 50.2 cm³/mol. The van der Waals surface area contributed by atoms with Gasteiger partial charge in [0.05, 0.1) is 6.61 Å². The minimum absolute atomic E-state index is 0.0165.